The van der Waals surface area contributed by atoms with E-state index >= 15 is 0 Å². The van der Waals surface area contributed by atoms with Gasteiger partial charge in [-0.3, -0.25) is 0 Å². The van der Waals surface area contributed by atoms with Crippen molar-refractivity contribution in [3.63, 3.8) is 0 Å². The number of hydrogen-bond acceptors (Lipinski definition) is 2. The van der Waals surface area contributed by atoms with Gasteiger partial charge in [0.05, 0.1) is 6.10 Å². The third-order valence-electron chi connectivity index (χ3n) is 2.70. The highest BCUT2D eigenvalue weighted by atomic mass is 16.5. The molecule has 0 aromatic heterocycles. The lowest BCUT2D eigenvalue weighted by Crippen LogP contribution is -2.33. The van der Waals surface area contributed by atoms with Gasteiger partial charge in [-0.05, 0) is 27.2 Å². The lowest BCUT2D eigenvalue weighted by molar-refractivity contribution is 0.0741. The zero-order valence-corrected chi connectivity index (χ0v) is 11.0. The van der Waals surface area contributed by atoms with Crippen LogP contribution in [0.3, 0.4) is 0 Å². The molecule has 1 N–H and O–H groups in total. The van der Waals surface area contributed by atoms with Crippen molar-refractivity contribution in [2.24, 2.45) is 0 Å². The third kappa shape index (κ3) is 10.2. The fourth-order valence-corrected chi connectivity index (χ4v) is 1.69. The van der Waals surface area contributed by atoms with Crippen LogP contribution in [0, 0.1) is 0 Å². The van der Waals surface area contributed by atoms with Crippen molar-refractivity contribution in [1.82, 2.24) is 5.32 Å². The number of nitrogens with one attached hydrogen (secondary N) is 1. The normalized spacial score (nSPS) is 15.2. The first-order chi connectivity index (χ1) is 7.20. The van der Waals surface area contributed by atoms with E-state index < -0.39 is 0 Å². The first-order valence-electron chi connectivity index (χ1n) is 6.55. The van der Waals surface area contributed by atoms with Crippen LogP contribution in [-0.2, 0) is 4.74 Å². The van der Waals surface area contributed by atoms with Gasteiger partial charge < -0.3 is 10.1 Å². The van der Waals surface area contributed by atoms with Crippen LogP contribution < -0.4 is 5.32 Å². The molecule has 15 heavy (non-hydrogen) atoms. The molecule has 2 nitrogen and oxygen atoms in total. The minimum Gasteiger partial charge on any atom is -0.377 e. The molecule has 2 heteroatoms. The highest BCUT2D eigenvalue weighted by molar-refractivity contribution is 4.63. The maximum atomic E-state index is 5.47. The average molecular weight is 215 g/mol. The molecule has 0 aliphatic rings. The maximum Gasteiger partial charge on any atom is 0.0671 e. The standard InChI is InChI=1S/C13H29NO/c1-5-7-8-9-10-12(3)14-11-13(4)15-6-2/h12-14H,5-11H2,1-4H3. The van der Waals surface area contributed by atoms with E-state index in [0.29, 0.717) is 12.1 Å². The van der Waals surface area contributed by atoms with Crippen LogP contribution in [0.5, 0.6) is 0 Å². The van der Waals surface area contributed by atoms with Crippen LogP contribution in [0.2, 0.25) is 0 Å². The second-order valence-corrected chi connectivity index (χ2v) is 4.42. The van der Waals surface area contributed by atoms with Gasteiger partial charge in [-0.15, -0.1) is 0 Å². The molecular weight excluding hydrogens is 186 g/mol. The predicted molar refractivity (Wildman–Crippen MR) is 67.3 cm³/mol. The average Bonchev–Trinajstić information content (AvgIpc) is 2.22. The van der Waals surface area contributed by atoms with Crippen LogP contribution >= 0.6 is 0 Å². The Labute approximate surface area is 95.8 Å². The minimum absolute atomic E-state index is 0.341. The van der Waals surface area contributed by atoms with E-state index in [4.69, 9.17) is 4.74 Å². The van der Waals surface area contributed by atoms with E-state index in [1.165, 1.54) is 32.1 Å². The molecule has 0 aromatic carbocycles. The molecule has 0 saturated carbocycles. The summed E-state index contributed by atoms with van der Waals surface area (Å²) >= 11 is 0. The Kier molecular flexibility index (Phi) is 10.4. The molecule has 0 amide bonds. The SMILES string of the molecule is CCCCCCC(C)NCC(C)OCC. The third-order valence-corrected chi connectivity index (χ3v) is 2.70. The second-order valence-electron chi connectivity index (χ2n) is 4.42. The van der Waals surface area contributed by atoms with Crippen LogP contribution in [0.4, 0.5) is 0 Å². The Morgan fingerprint density at radius 1 is 1.07 bits per heavy atom. The van der Waals surface area contributed by atoms with Crippen LogP contribution in [0.1, 0.15) is 59.8 Å². The van der Waals surface area contributed by atoms with Crippen molar-refractivity contribution in [3.8, 4) is 0 Å². The minimum atomic E-state index is 0.341. The molecule has 92 valence electrons. The Hall–Kier alpha value is -0.0800. The van der Waals surface area contributed by atoms with Crippen LogP contribution in [0.25, 0.3) is 0 Å². The molecule has 0 aliphatic heterocycles. The van der Waals surface area contributed by atoms with Gasteiger partial charge in [-0.25, -0.2) is 0 Å². The van der Waals surface area contributed by atoms with E-state index in [-0.39, 0.29) is 0 Å². The highest BCUT2D eigenvalue weighted by Crippen LogP contribution is 2.05. The molecular formula is C13H29NO. The largest absolute Gasteiger partial charge is 0.377 e. The zero-order chi connectivity index (χ0) is 11.5. The topological polar surface area (TPSA) is 21.3 Å². The first-order valence-corrected chi connectivity index (χ1v) is 6.55. The molecule has 0 aromatic rings. The molecule has 2 unspecified atom stereocenters. The maximum absolute atomic E-state index is 5.47. The summed E-state index contributed by atoms with van der Waals surface area (Å²) < 4.78 is 5.47. The summed E-state index contributed by atoms with van der Waals surface area (Å²) in [5.41, 5.74) is 0. The van der Waals surface area contributed by atoms with Gasteiger partial charge >= 0.3 is 0 Å². The van der Waals surface area contributed by atoms with E-state index in [9.17, 15) is 0 Å². The van der Waals surface area contributed by atoms with E-state index in [1.54, 1.807) is 0 Å². The molecule has 0 fully saturated rings. The molecule has 0 heterocycles. The van der Waals surface area contributed by atoms with E-state index in [2.05, 4.69) is 26.1 Å². The fraction of sp³-hybridized carbons (Fsp3) is 1.00. The van der Waals surface area contributed by atoms with Gasteiger partial charge in [-0.1, -0.05) is 32.6 Å². The van der Waals surface area contributed by atoms with Crippen molar-refractivity contribution in [3.05, 3.63) is 0 Å². The summed E-state index contributed by atoms with van der Waals surface area (Å²) in [6.45, 7) is 10.5. The molecule has 0 aliphatic carbocycles. The number of ether oxygens (including phenoxy) is 1. The lowest BCUT2D eigenvalue weighted by Gasteiger charge is -2.17. The van der Waals surface area contributed by atoms with Gasteiger partial charge in [0.15, 0.2) is 0 Å². The van der Waals surface area contributed by atoms with Gasteiger partial charge in [0.25, 0.3) is 0 Å². The van der Waals surface area contributed by atoms with Crippen LogP contribution in [0.15, 0.2) is 0 Å². The molecule has 0 saturated heterocycles. The van der Waals surface area contributed by atoms with E-state index in [0.717, 1.165) is 13.2 Å². The first kappa shape index (κ1) is 14.9. The summed E-state index contributed by atoms with van der Waals surface area (Å²) in [6, 6.07) is 0.629. The van der Waals surface area contributed by atoms with Crippen LogP contribution in [-0.4, -0.2) is 25.3 Å². The van der Waals surface area contributed by atoms with Crippen molar-refractivity contribution < 1.29 is 4.74 Å². The van der Waals surface area contributed by atoms with Gasteiger partial charge in [0.2, 0.25) is 0 Å². The van der Waals surface area contributed by atoms with Gasteiger partial charge in [0.1, 0.15) is 0 Å². The highest BCUT2D eigenvalue weighted by Gasteiger charge is 2.04. The van der Waals surface area contributed by atoms with Crippen molar-refractivity contribution in [2.45, 2.75) is 71.9 Å². The summed E-state index contributed by atoms with van der Waals surface area (Å²) in [5, 5.41) is 3.52. The van der Waals surface area contributed by atoms with Gasteiger partial charge in [0, 0.05) is 19.2 Å². The van der Waals surface area contributed by atoms with Crippen molar-refractivity contribution in [1.29, 1.82) is 0 Å². The van der Waals surface area contributed by atoms with Crippen molar-refractivity contribution >= 4 is 0 Å². The lowest BCUT2D eigenvalue weighted by atomic mass is 10.1. The quantitative estimate of drug-likeness (QED) is 0.564. The fourth-order valence-electron chi connectivity index (χ4n) is 1.69. The summed E-state index contributed by atoms with van der Waals surface area (Å²) in [7, 11) is 0. The van der Waals surface area contributed by atoms with Gasteiger partial charge in [-0.2, -0.15) is 0 Å². The molecule has 2 atom stereocenters. The molecule has 0 radical (unpaired) electrons. The Balaban J connectivity index is 3.28. The molecule has 0 bridgehead atoms. The Morgan fingerprint density at radius 2 is 1.80 bits per heavy atom. The molecule has 0 rings (SSSR count). The zero-order valence-electron chi connectivity index (χ0n) is 11.0. The number of unbranched alkanes of at least 4 members (excludes halogenated alkanes) is 3. The Morgan fingerprint density at radius 3 is 2.40 bits per heavy atom. The summed E-state index contributed by atoms with van der Waals surface area (Å²) in [5.74, 6) is 0. The monoisotopic (exact) mass is 215 g/mol. The predicted octanol–water partition coefficient (Wildman–Crippen LogP) is 3.36. The number of hydrogen-bond donors (Lipinski definition) is 1. The van der Waals surface area contributed by atoms with Crippen molar-refractivity contribution in [2.75, 3.05) is 13.2 Å². The second kappa shape index (κ2) is 10.4. The number of rotatable bonds is 10. The molecule has 0 spiro atoms. The van der Waals surface area contributed by atoms with E-state index in [1.807, 2.05) is 6.92 Å². The Bertz CT molecular complexity index is 128. The summed E-state index contributed by atoms with van der Waals surface area (Å²) in [6.07, 6.45) is 7.06. The smallest absolute Gasteiger partial charge is 0.0671 e. The summed E-state index contributed by atoms with van der Waals surface area (Å²) in [4.78, 5) is 0.